The third-order valence-electron chi connectivity index (χ3n) is 4.25. The number of pyridine rings is 1. The molecule has 0 N–H and O–H groups in total. The van der Waals surface area contributed by atoms with Gasteiger partial charge in [-0.25, -0.2) is 4.98 Å². The minimum Gasteiger partial charge on any atom is -0.363 e. The predicted molar refractivity (Wildman–Crippen MR) is 83.8 cm³/mol. The molecule has 3 heterocycles. The summed E-state index contributed by atoms with van der Waals surface area (Å²) in [6.07, 6.45) is 1.73. The first-order valence-electron chi connectivity index (χ1n) is 7.30. The van der Waals surface area contributed by atoms with E-state index in [1.54, 1.807) is 6.26 Å². The van der Waals surface area contributed by atoms with Crippen molar-refractivity contribution in [2.45, 2.75) is 6.92 Å². The number of hydrogen-bond acceptors (Lipinski definition) is 5. The second-order valence-corrected chi connectivity index (χ2v) is 5.82. The Morgan fingerprint density at radius 3 is 2.71 bits per heavy atom. The fourth-order valence-electron chi connectivity index (χ4n) is 2.96. The first-order valence-corrected chi connectivity index (χ1v) is 7.30. The molecule has 3 aromatic rings. The molecular formula is C16H18N4O. The van der Waals surface area contributed by atoms with Crippen LogP contribution >= 0.6 is 0 Å². The van der Waals surface area contributed by atoms with E-state index in [9.17, 15) is 0 Å². The van der Waals surface area contributed by atoms with Crippen LogP contribution in [-0.2, 0) is 0 Å². The Morgan fingerprint density at radius 2 is 1.90 bits per heavy atom. The van der Waals surface area contributed by atoms with Gasteiger partial charge in [0.05, 0.1) is 10.9 Å². The summed E-state index contributed by atoms with van der Waals surface area (Å²) in [6, 6.07) is 6.33. The molecule has 0 bridgehead atoms. The molecule has 2 aromatic heterocycles. The van der Waals surface area contributed by atoms with E-state index >= 15 is 0 Å². The Labute approximate surface area is 123 Å². The maximum absolute atomic E-state index is 5.24. The van der Waals surface area contributed by atoms with Crippen molar-refractivity contribution in [3.05, 3.63) is 30.0 Å². The van der Waals surface area contributed by atoms with Crippen molar-refractivity contribution < 1.29 is 4.52 Å². The van der Waals surface area contributed by atoms with Crippen molar-refractivity contribution in [3.63, 3.8) is 0 Å². The van der Waals surface area contributed by atoms with Crippen molar-refractivity contribution in [2.24, 2.45) is 0 Å². The standard InChI is InChI=1S/C16H18N4O/c1-11-3-4-14-12(9-11)13-10-21-18-15(13)16(17-14)20-7-5-19(2)6-8-20/h3-4,9-10H,5-8H2,1-2H3. The minimum absolute atomic E-state index is 0.873. The van der Waals surface area contributed by atoms with E-state index < -0.39 is 0 Å². The zero-order valence-electron chi connectivity index (χ0n) is 12.3. The SMILES string of the molecule is Cc1ccc2nc(N3CCN(C)CC3)c3nocc3c2c1. The van der Waals surface area contributed by atoms with Gasteiger partial charge in [-0.05, 0) is 26.1 Å². The smallest absolute Gasteiger partial charge is 0.159 e. The van der Waals surface area contributed by atoms with E-state index in [1.807, 2.05) is 0 Å². The Morgan fingerprint density at radius 1 is 1.10 bits per heavy atom. The lowest BCUT2D eigenvalue weighted by atomic mass is 10.1. The Bertz CT molecular complexity index is 802. The van der Waals surface area contributed by atoms with Crippen molar-refractivity contribution in [1.29, 1.82) is 0 Å². The normalized spacial score (nSPS) is 17.0. The molecular weight excluding hydrogens is 264 g/mol. The number of aromatic nitrogens is 2. The molecule has 1 aliphatic rings. The van der Waals surface area contributed by atoms with Gasteiger partial charge in [0.15, 0.2) is 11.3 Å². The lowest BCUT2D eigenvalue weighted by molar-refractivity contribution is 0.312. The van der Waals surface area contributed by atoms with Crippen LogP contribution in [0.5, 0.6) is 0 Å². The molecule has 0 amide bonds. The summed E-state index contributed by atoms with van der Waals surface area (Å²) in [5.41, 5.74) is 3.10. The number of likely N-dealkylation sites (N-methyl/N-ethyl adjacent to an activating group) is 1. The first kappa shape index (κ1) is 12.6. The van der Waals surface area contributed by atoms with Gasteiger partial charge in [-0.1, -0.05) is 16.8 Å². The number of benzene rings is 1. The summed E-state index contributed by atoms with van der Waals surface area (Å²) in [5, 5.41) is 6.37. The predicted octanol–water partition coefficient (Wildman–Crippen LogP) is 2.44. The molecule has 1 saturated heterocycles. The van der Waals surface area contributed by atoms with Crippen LogP contribution < -0.4 is 4.90 Å². The first-order chi connectivity index (χ1) is 10.2. The Hall–Kier alpha value is -2.14. The highest BCUT2D eigenvalue weighted by atomic mass is 16.5. The van der Waals surface area contributed by atoms with E-state index in [0.29, 0.717) is 0 Å². The molecule has 0 spiro atoms. The van der Waals surface area contributed by atoms with Crippen molar-refractivity contribution in [1.82, 2.24) is 15.0 Å². The number of anilines is 1. The van der Waals surface area contributed by atoms with E-state index in [1.165, 1.54) is 5.56 Å². The second kappa shape index (κ2) is 4.70. The van der Waals surface area contributed by atoms with Gasteiger partial charge in [0, 0.05) is 31.6 Å². The maximum atomic E-state index is 5.24. The summed E-state index contributed by atoms with van der Waals surface area (Å²) in [7, 11) is 2.15. The topological polar surface area (TPSA) is 45.4 Å². The molecule has 0 unspecified atom stereocenters. The van der Waals surface area contributed by atoms with Gasteiger partial charge < -0.3 is 14.3 Å². The van der Waals surface area contributed by atoms with Gasteiger partial charge >= 0.3 is 0 Å². The number of piperazine rings is 1. The zero-order valence-corrected chi connectivity index (χ0v) is 12.3. The van der Waals surface area contributed by atoms with Gasteiger partial charge in [-0.2, -0.15) is 0 Å². The summed E-state index contributed by atoms with van der Waals surface area (Å²) < 4.78 is 5.24. The van der Waals surface area contributed by atoms with Gasteiger partial charge in [0.1, 0.15) is 6.26 Å². The number of rotatable bonds is 1. The third-order valence-corrected chi connectivity index (χ3v) is 4.25. The number of nitrogens with zero attached hydrogens (tertiary/aromatic N) is 4. The van der Waals surface area contributed by atoms with E-state index in [4.69, 9.17) is 9.51 Å². The second-order valence-electron chi connectivity index (χ2n) is 5.82. The molecule has 4 rings (SSSR count). The highest BCUT2D eigenvalue weighted by molar-refractivity contribution is 6.08. The molecule has 5 nitrogen and oxygen atoms in total. The summed E-state index contributed by atoms with van der Waals surface area (Å²) in [6.45, 7) is 6.14. The van der Waals surface area contributed by atoms with Crippen LogP contribution in [0.25, 0.3) is 21.8 Å². The van der Waals surface area contributed by atoms with Crippen molar-refractivity contribution in [3.8, 4) is 0 Å². The number of aryl methyl sites for hydroxylation is 1. The van der Waals surface area contributed by atoms with Crippen molar-refractivity contribution in [2.75, 3.05) is 38.1 Å². The lowest BCUT2D eigenvalue weighted by Crippen LogP contribution is -2.44. The number of hydrogen-bond donors (Lipinski definition) is 0. The highest BCUT2D eigenvalue weighted by Crippen LogP contribution is 2.31. The van der Waals surface area contributed by atoms with Crippen LogP contribution in [0.15, 0.2) is 29.0 Å². The maximum Gasteiger partial charge on any atom is 0.159 e. The molecule has 1 fully saturated rings. The molecule has 0 aliphatic carbocycles. The van der Waals surface area contributed by atoms with Crippen LogP contribution in [0.4, 0.5) is 5.82 Å². The minimum atomic E-state index is 0.873. The average Bonchev–Trinajstić information content (AvgIpc) is 2.97. The fraction of sp³-hybridized carbons (Fsp3) is 0.375. The molecule has 21 heavy (non-hydrogen) atoms. The van der Waals surface area contributed by atoms with Gasteiger partial charge in [-0.3, -0.25) is 0 Å². The summed E-state index contributed by atoms with van der Waals surface area (Å²) >= 11 is 0. The van der Waals surface area contributed by atoms with Gasteiger partial charge in [-0.15, -0.1) is 0 Å². The zero-order chi connectivity index (χ0) is 14.4. The fourth-order valence-corrected chi connectivity index (χ4v) is 2.96. The van der Waals surface area contributed by atoms with Gasteiger partial charge in [0.25, 0.3) is 0 Å². The van der Waals surface area contributed by atoms with Gasteiger partial charge in [0.2, 0.25) is 0 Å². The molecule has 0 saturated carbocycles. The van der Waals surface area contributed by atoms with Crippen molar-refractivity contribution >= 4 is 27.6 Å². The van der Waals surface area contributed by atoms with E-state index in [0.717, 1.165) is 53.8 Å². The molecule has 0 radical (unpaired) electrons. The largest absolute Gasteiger partial charge is 0.363 e. The lowest BCUT2D eigenvalue weighted by Gasteiger charge is -2.33. The monoisotopic (exact) mass is 282 g/mol. The quantitative estimate of drug-likeness (QED) is 0.686. The molecule has 0 atom stereocenters. The molecule has 108 valence electrons. The Balaban J connectivity index is 1.91. The molecule has 1 aliphatic heterocycles. The van der Waals surface area contributed by atoms with Crippen LogP contribution in [0, 0.1) is 6.92 Å². The average molecular weight is 282 g/mol. The Kier molecular flexibility index (Phi) is 2.82. The summed E-state index contributed by atoms with van der Waals surface area (Å²) in [4.78, 5) is 9.49. The summed E-state index contributed by atoms with van der Waals surface area (Å²) in [5.74, 6) is 0.947. The highest BCUT2D eigenvalue weighted by Gasteiger charge is 2.20. The van der Waals surface area contributed by atoms with Crippen LogP contribution in [-0.4, -0.2) is 48.3 Å². The third kappa shape index (κ3) is 2.05. The molecule has 5 heteroatoms. The van der Waals surface area contributed by atoms with E-state index in [2.05, 4.69) is 47.1 Å². The van der Waals surface area contributed by atoms with E-state index in [-0.39, 0.29) is 0 Å². The number of fused-ring (bicyclic) bond motifs is 3. The van der Waals surface area contributed by atoms with Crippen LogP contribution in [0.3, 0.4) is 0 Å². The molecule has 1 aromatic carbocycles. The van der Waals surface area contributed by atoms with Crippen LogP contribution in [0.2, 0.25) is 0 Å². The van der Waals surface area contributed by atoms with Crippen LogP contribution in [0.1, 0.15) is 5.56 Å².